The lowest BCUT2D eigenvalue weighted by Crippen LogP contribution is -2.39. The van der Waals surface area contributed by atoms with E-state index in [-0.39, 0.29) is 11.8 Å². The van der Waals surface area contributed by atoms with Gasteiger partial charge in [0.1, 0.15) is 5.75 Å². The van der Waals surface area contributed by atoms with E-state index in [1.807, 2.05) is 53.4 Å². The predicted molar refractivity (Wildman–Crippen MR) is 122 cm³/mol. The first-order chi connectivity index (χ1) is 15.7. The number of hydrogen-bond acceptors (Lipinski definition) is 5. The van der Waals surface area contributed by atoms with Crippen LogP contribution < -0.4 is 4.74 Å². The summed E-state index contributed by atoms with van der Waals surface area (Å²) in [6.45, 7) is 1.40. The molecule has 4 aromatic rings. The summed E-state index contributed by atoms with van der Waals surface area (Å²) in [7, 11) is 1.63. The van der Waals surface area contributed by atoms with Gasteiger partial charge in [-0.2, -0.15) is 4.98 Å². The fraction of sp³-hybridized carbons (Fsp3) is 0.269. The van der Waals surface area contributed by atoms with E-state index in [0.717, 1.165) is 29.4 Å². The fourth-order valence-electron chi connectivity index (χ4n) is 4.44. The molecule has 2 heterocycles. The number of likely N-dealkylation sites (tertiary alicyclic amines) is 1. The van der Waals surface area contributed by atoms with E-state index in [1.165, 1.54) is 5.39 Å². The summed E-state index contributed by atoms with van der Waals surface area (Å²) in [6.07, 6.45) is 2.07. The quantitative estimate of drug-likeness (QED) is 0.456. The fourth-order valence-corrected chi connectivity index (χ4v) is 4.44. The molecule has 0 saturated carbocycles. The molecule has 0 N–H and O–H groups in total. The number of amides is 1. The number of carbonyl (C=O) groups excluding carboxylic acids is 1. The Hall–Kier alpha value is -3.67. The van der Waals surface area contributed by atoms with Crippen molar-refractivity contribution in [3.63, 3.8) is 0 Å². The highest BCUT2D eigenvalue weighted by atomic mass is 16.5. The molecule has 0 bridgehead atoms. The first kappa shape index (κ1) is 20.2. The molecular weight excluding hydrogens is 402 g/mol. The SMILES string of the molecule is COc1ccccc1-c1nc(C2CCN(C(=O)Cc3cccc4ccccc34)CC2)no1. The van der Waals surface area contributed by atoms with E-state index in [9.17, 15) is 4.79 Å². The summed E-state index contributed by atoms with van der Waals surface area (Å²) in [5, 5.41) is 6.53. The van der Waals surface area contributed by atoms with Gasteiger partial charge in [-0.05, 0) is 41.3 Å². The zero-order chi connectivity index (χ0) is 21.9. The number of aromatic nitrogens is 2. The highest BCUT2D eigenvalue weighted by Crippen LogP contribution is 2.32. The van der Waals surface area contributed by atoms with Gasteiger partial charge in [0.05, 0.1) is 19.1 Å². The maximum atomic E-state index is 13.0. The Kier molecular flexibility index (Phi) is 5.58. The second-order valence-corrected chi connectivity index (χ2v) is 8.13. The van der Waals surface area contributed by atoms with Crippen LogP contribution in [0.3, 0.4) is 0 Å². The molecule has 0 aliphatic carbocycles. The summed E-state index contributed by atoms with van der Waals surface area (Å²) in [4.78, 5) is 19.6. The van der Waals surface area contributed by atoms with Crippen molar-refractivity contribution in [2.24, 2.45) is 0 Å². The molecule has 32 heavy (non-hydrogen) atoms. The van der Waals surface area contributed by atoms with Crippen LogP contribution in [0.1, 0.15) is 30.1 Å². The predicted octanol–water partition coefficient (Wildman–Crippen LogP) is 4.85. The van der Waals surface area contributed by atoms with Gasteiger partial charge in [-0.3, -0.25) is 4.79 Å². The topological polar surface area (TPSA) is 68.5 Å². The molecule has 0 atom stereocenters. The number of ether oxygens (including phenoxy) is 1. The molecule has 3 aromatic carbocycles. The lowest BCUT2D eigenvalue weighted by atomic mass is 9.95. The average Bonchev–Trinajstić information content (AvgIpc) is 3.34. The van der Waals surface area contributed by atoms with Crippen molar-refractivity contribution in [2.75, 3.05) is 20.2 Å². The molecule has 5 rings (SSSR count). The minimum Gasteiger partial charge on any atom is -0.496 e. The van der Waals surface area contributed by atoms with Crippen LogP contribution in [0.5, 0.6) is 5.75 Å². The van der Waals surface area contributed by atoms with Crippen molar-refractivity contribution in [3.05, 3.63) is 78.1 Å². The molecule has 162 valence electrons. The van der Waals surface area contributed by atoms with Crippen molar-refractivity contribution in [1.82, 2.24) is 15.0 Å². The standard InChI is InChI=1S/C26H25N3O3/c1-31-23-12-5-4-11-22(23)26-27-25(28-32-26)19-13-15-29(16-14-19)24(30)17-20-9-6-8-18-7-2-3-10-21(18)20/h2-12,19H,13-17H2,1H3. The minimum absolute atomic E-state index is 0.169. The van der Waals surface area contributed by atoms with E-state index >= 15 is 0 Å². The molecule has 0 spiro atoms. The molecular formula is C26H25N3O3. The van der Waals surface area contributed by atoms with Crippen LogP contribution in [0.25, 0.3) is 22.2 Å². The van der Waals surface area contributed by atoms with Crippen molar-refractivity contribution in [2.45, 2.75) is 25.2 Å². The number of para-hydroxylation sites is 1. The normalized spacial score (nSPS) is 14.6. The van der Waals surface area contributed by atoms with Gasteiger partial charge < -0.3 is 14.2 Å². The van der Waals surface area contributed by atoms with E-state index in [0.29, 0.717) is 37.0 Å². The van der Waals surface area contributed by atoms with E-state index in [4.69, 9.17) is 9.26 Å². The van der Waals surface area contributed by atoms with Gasteiger partial charge in [0.15, 0.2) is 5.82 Å². The molecule has 1 aliphatic rings. The van der Waals surface area contributed by atoms with Gasteiger partial charge in [-0.25, -0.2) is 0 Å². The summed E-state index contributed by atoms with van der Waals surface area (Å²) in [6, 6.07) is 22.0. The number of fused-ring (bicyclic) bond motifs is 1. The maximum Gasteiger partial charge on any atom is 0.261 e. The van der Waals surface area contributed by atoms with Gasteiger partial charge in [0, 0.05) is 19.0 Å². The van der Waals surface area contributed by atoms with Crippen LogP contribution in [-0.4, -0.2) is 41.1 Å². The molecule has 6 heteroatoms. The van der Waals surface area contributed by atoms with Crippen LogP contribution in [0.4, 0.5) is 0 Å². The second-order valence-electron chi connectivity index (χ2n) is 8.13. The number of carbonyl (C=O) groups is 1. The Morgan fingerprint density at radius 1 is 1.03 bits per heavy atom. The van der Waals surface area contributed by atoms with E-state index < -0.39 is 0 Å². The molecule has 1 aromatic heterocycles. The monoisotopic (exact) mass is 427 g/mol. The first-order valence-corrected chi connectivity index (χ1v) is 10.9. The number of hydrogen-bond donors (Lipinski definition) is 0. The van der Waals surface area contributed by atoms with Crippen molar-refractivity contribution in [1.29, 1.82) is 0 Å². The van der Waals surface area contributed by atoms with Gasteiger partial charge in [0.2, 0.25) is 5.91 Å². The molecule has 1 fully saturated rings. The zero-order valence-electron chi connectivity index (χ0n) is 18.0. The Balaban J connectivity index is 1.24. The summed E-state index contributed by atoms with van der Waals surface area (Å²) in [5.74, 6) is 2.22. The summed E-state index contributed by atoms with van der Waals surface area (Å²) < 4.78 is 10.9. The Morgan fingerprint density at radius 2 is 1.78 bits per heavy atom. The largest absolute Gasteiger partial charge is 0.496 e. The highest BCUT2D eigenvalue weighted by molar-refractivity contribution is 5.90. The average molecular weight is 428 g/mol. The lowest BCUT2D eigenvalue weighted by molar-refractivity contribution is -0.131. The van der Waals surface area contributed by atoms with Crippen LogP contribution in [0.2, 0.25) is 0 Å². The summed E-state index contributed by atoms with van der Waals surface area (Å²) >= 11 is 0. The third kappa shape index (κ3) is 3.96. The molecule has 6 nitrogen and oxygen atoms in total. The Bertz CT molecular complexity index is 1240. The third-order valence-corrected chi connectivity index (χ3v) is 6.21. The number of benzene rings is 3. The molecule has 0 unspecified atom stereocenters. The number of rotatable bonds is 5. The van der Waals surface area contributed by atoms with Gasteiger partial charge in [-0.1, -0.05) is 59.8 Å². The number of piperidine rings is 1. The Morgan fingerprint density at radius 3 is 2.62 bits per heavy atom. The zero-order valence-corrected chi connectivity index (χ0v) is 18.0. The maximum absolute atomic E-state index is 13.0. The smallest absolute Gasteiger partial charge is 0.261 e. The van der Waals surface area contributed by atoms with Crippen LogP contribution in [0, 0.1) is 0 Å². The molecule has 0 radical (unpaired) electrons. The molecule has 1 amide bonds. The van der Waals surface area contributed by atoms with Crippen LogP contribution in [-0.2, 0) is 11.2 Å². The minimum atomic E-state index is 0.169. The number of methoxy groups -OCH3 is 1. The van der Waals surface area contributed by atoms with Gasteiger partial charge in [-0.15, -0.1) is 0 Å². The van der Waals surface area contributed by atoms with E-state index in [2.05, 4.69) is 28.3 Å². The van der Waals surface area contributed by atoms with Crippen LogP contribution >= 0.6 is 0 Å². The highest BCUT2D eigenvalue weighted by Gasteiger charge is 2.27. The van der Waals surface area contributed by atoms with Crippen molar-refractivity contribution < 1.29 is 14.1 Å². The van der Waals surface area contributed by atoms with Gasteiger partial charge in [0.25, 0.3) is 5.89 Å². The van der Waals surface area contributed by atoms with Gasteiger partial charge >= 0.3 is 0 Å². The molecule has 1 aliphatic heterocycles. The first-order valence-electron chi connectivity index (χ1n) is 10.9. The van der Waals surface area contributed by atoms with Crippen molar-refractivity contribution in [3.8, 4) is 17.2 Å². The Labute approximate surface area is 186 Å². The second kappa shape index (κ2) is 8.83. The van der Waals surface area contributed by atoms with Crippen LogP contribution in [0.15, 0.2) is 71.3 Å². The number of nitrogens with zero attached hydrogens (tertiary/aromatic N) is 3. The van der Waals surface area contributed by atoms with E-state index in [1.54, 1.807) is 7.11 Å². The summed E-state index contributed by atoms with van der Waals surface area (Å²) in [5.41, 5.74) is 1.87. The van der Waals surface area contributed by atoms with Crippen molar-refractivity contribution >= 4 is 16.7 Å². The lowest BCUT2D eigenvalue weighted by Gasteiger charge is -2.30. The third-order valence-electron chi connectivity index (χ3n) is 6.21. The molecule has 1 saturated heterocycles.